The summed E-state index contributed by atoms with van der Waals surface area (Å²) in [5, 5.41) is 2.28. The lowest BCUT2D eigenvalue weighted by molar-refractivity contribution is 0.440. The van der Waals surface area contributed by atoms with Crippen LogP contribution in [0.5, 0.6) is 11.6 Å². The number of benzene rings is 3. The van der Waals surface area contributed by atoms with Crippen LogP contribution < -0.4 is 10.3 Å². The molecule has 5 aromatic rings. The highest BCUT2D eigenvalue weighted by Gasteiger charge is 2.36. The van der Waals surface area contributed by atoms with E-state index >= 15 is 0 Å². The number of aromatic amines is 1. The van der Waals surface area contributed by atoms with Crippen molar-refractivity contribution in [2.45, 2.75) is 12.8 Å². The Morgan fingerprint density at radius 2 is 1.67 bits per heavy atom. The van der Waals surface area contributed by atoms with Crippen molar-refractivity contribution in [2.24, 2.45) is 0 Å². The van der Waals surface area contributed by atoms with Crippen LogP contribution in [0.25, 0.3) is 21.5 Å². The molecule has 0 saturated heterocycles. The number of aromatic nitrogens is 2. The van der Waals surface area contributed by atoms with Gasteiger partial charge in [0.2, 0.25) is 5.88 Å². The standard InChI is InChI=1S/C26H16Cl2N2O2S/c1-13-3-2-4-18-21-23(33-22(13)18)19(14-5-9-16(27)10-6-14)20-25(31)29-24(30-26(20)32-21)15-7-11-17(28)12-8-15/h2-12,19H,1H3,(H,29,30,31). The molecule has 7 heteroatoms. The van der Waals surface area contributed by atoms with Crippen molar-refractivity contribution >= 4 is 44.6 Å². The molecule has 1 unspecified atom stereocenters. The van der Waals surface area contributed by atoms with Crippen LogP contribution in [0.4, 0.5) is 0 Å². The molecule has 33 heavy (non-hydrogen) atoms. The highest BCUT2D eigenvalue weighted by atomic mass is 35.5. The number of nitrogens with one attached hydrogen (secondary N) is 1. The zero-order chi connectivity index (χ0) is 22.7. The maximum Gasteiger partial charge on any atom is 0.259 e. The number of ether oxygens (including phenoxy) is 1. The van der Waals surface area contributed by atoms with Gasteiger partial charge in [-0.15, -0.1) is 11.3 Å². The van der Waals surface area contributed by atoms with E-state index in [1.165, 1.54) is 0 Å². The van der Waals surface area contributed by atoms with Crippen LogP contribution in [0.1, 0.15) is 27.5 Å². The van der Waals surface area contributed by atoms with Gasteiger partial charge in [-0.2, -0.15) is 4.98 Å². The minimum absolute atomic E-state index is 0.232. The fourth-order valence-corrected chi connectivity index (χ4v) is 5.88. The average molecular weight is 491 g/mol. The van der Waals surface area contributed by atoms with Gasteiger partial charge in [0, 0.05) is 25.7 Å². The fourth-order valence-electron chi connectivity index (χ4n) is 4.29. The lowest BCUT2D eigenvalue weighted by atomic mass is 9.89. The number of fused-ring (bicyclic) bond motifs is 4. The average Bonchev–Trinajstić information content (AvgIpc) is 3.18. The minimum Gasteiger partial charge on any atom is -0.437 e. The second-order valence-corrected chi connectivity index (χ2v) is 9.90. The summed E-state index contributed by atoms with van der Waals surface area (Å²) in [4.78, 5) is 22.1. The van der Waals surface area contributed by atoms with E-state index < -0.39 is 0 Å². The van der Waals surface area contributed by atoms with Gasteiger partial charge in [0.1, 0.15) is 5.82 Å². The zero-order valence-corrected chi connectivity index (χ0v) is 19.7. The summed E-state index contributed by atoms with van der Waals surface area (Å²) in [5.74, 6) is 1.20. The van der Waals surface area contributed by atoms with Crippen LogP contribution in [0.3, 0.4) is 0 Å². The van der Waals surface area contributed by atoms with Gasteiger partial charge in [-0.25, -0.2) is 0 Å². The van der Waals surface area contributed by atoms with Crippen LogP contribution >= 0.6 is 34.5 Å². The summed E-state index contributed by atoms with van der Waals surface area (Å²) in [6.07, 6.45) is 0. The van der Waals surface area contributed by atoms with Gasteiger partial charge in [0.15, 0.2) is 5.75 Å². The first-order valence-corrected chi connectivity index (χ1v) is 11.9. The second kappa shape index (κ2) is 7.73. The van der Waals surface area contributed by atoms with Crippen molar-refractivity contribution in [3.8, 4) is 23.0 Å². The van der Waals surface area contributed by atoms with Crippen molar-refractivity contribution < 1.29 is 4.74 Å². The van der Waals surface area contributed by atoms with Gasteiger partial charge in [0.25, 0.3) is 5.56 Å². The molecule has 0 radical (unpaired) electrons. The molecule has 3 aromatic carbocycles. The normalized spacial score (nSPS) is 14.6. The number of rotatable bonds is 2. The number of H-pyrrole nitrogens is 1. The highest BCUT2D eigenvalue weighted by molar-refractivity contribution is 7.19. The van der Waals surface area contributed by atoms with Gasteiger partial charge in [-0.1, -0.05) is 47.5 Å². The molecule has 1 aliphatic heterocycles. The molecule has 4 nitrogen and oxygen atoms in total. The molecule has 0 aliphatic carbocycles. The number of halogens is 2. The highest BCUT2D eigenvalue weighted by Crippen LogP contribution is 2.53. The molecule has 2 aromatic heterocycles. The van der Waals surface area contributed by atoms with Gasteiger partial charge >= 0.3 is 0 Å². The Balaban J connectivity index is 1.62. The quantitative estimate of drug-likeness (QED) is 0.272. The molecular formula is C26H16Cl2N2O2S. The van der Waals surface area contributed by atoms with Crippen molar-refractivity contribution in [1.29, 1.82) is 0 Å². The molecule has 0 spiro atoms. The first kappa shape index (κ1) is 20.5. The minimum atomic E-state index is -0.312. The van der Waals surface area contributed by atoms with Gasteiger partial charge in [0.05, 0.1) is 16.4 Å². The number of hydrogen-bond acceptors (Lipinski definition) is 4. The van der Waals surface area contributed by atoms with E-state index in [-0.39, 0.29) is 11.5 Å². The topological polar surface area (TPSA) is 55.0 Å². The van der Waals surface area contributed by atoms with E-state index in [0.717, 1.165) is 37.4 Å². The molecule has 0 amide bonds. The predicted octanol–water partition coefficient (Wildman–Crippen LogP) is 7.55. The van der Waals surface area contributed by atoms with E-state index in [4.69, 9.17) is 32.9 Å². The van der Waals surface area contributed by atoms with Crippen LogP contribution in [-0.2, 0) is 0 Å². The van der Waals surface area contributed by atoms with Crippen molar-refractivity contribution in [1.82, 2.24) is 9.97 Å². The van der Waals surface area contributed by atoms with Gasteiger partial charge in [-0.3, -0.25) is 4.79 Å². The Hall–Kier alpha value is -3.12. The molecule has 0 fully saturated rings. The molecule has 0 bridgehead atoms. The third-order valence-corrected chi connectivity index (χ3v) is 7.77. The van der Waals surface area contributed by atoms with E-state index in [1.807, 2.05) is 42.5 Å². The molecule has 1 aliphatic rings. The van der Waals surface area contributed by atoms with Crippen molar-refractivity contribution in [3.63, 3.8) is 0 Å². The summed E-state index contributed by atoms with van der Waals surface area (Å²) in [6, 6.07) is 20.9. The Labute approximate surface area is 203 Å². The SMILES string of the molecule is Cc1cccc2c3c(sc12)C(c1ccc(Cl)cc1)c1c(nc(-c2ccc(Cl)cc2)[nH]c1=O)O3. The summed E-state index contributed by atoms with van der Waals surface area (Å²) >= 11 is 13.8. The van der Waals surface area contributed by atoms with E-state index in [0.29, 0.717) is 27.3 Å². The molecule has 6 rings (SSSR count). The van der Waals surface area contributed by atoms with E-state index in [9.17, 15) is 4.79 Å². The first-order chi connectivity index (χ1) is 16.0. The molecule has 1 atom stereocenters. The molecule has 162 valence electrons. The number of nitrogens with zero attached hydrogens (tertiary/aromatic N) is 1. The first-order valence-electron chi connectivity index (χ1n) is 10.3. The number of thiophene rings is 1. The lowest BCUT2D eigenvalue weighted by Crippen LogP contribution is -2.23. The summed E-state index contributed by atoms with van der Waals surface area (Å²) < 4.78 is 7.50. The maximum absolute atomic E-state index is 13.4. The largest absolute Gasteiger partial charge is 0.437 e. The van der Waals surface area contributed by atoms with E-state index in [1.54, 1.807) is 23.5 Å². The maximum atomic E-state index is 13.4. The lowest BCUT2D eigenvalue weighted by Gasteiger charge is -2.25. The number of aryl methyl sites for hydroxylation is 1. The Morgan fingerprint density at radius 1 is 0.970 bits per heavy atom. The van der Waals surface area contributed by atoms with Gasteiger partial charge in [-0.05, 0) is 60.5 Å². The Morgan fingerprint density at radius 3 is 2.39 bits per heavy atom. The fraction of sp³-hybridized carbons (Fsp3) is 0.0769. The molecular weight excluding hydrogens is 475 g/mol. The third-order valence-electron chi connectivity index (χ3n) is 5.88. The summed E-state index contributed by atoms with van der Waals surface area (Å²) in [7, 11) is 0. The summed E-state index contributed by atoms with van der Waals surface area (Å²) in [5.41, 5.74) is 3.14. The second-order valence-electron chi connectivity index (χ2n) is 7.97. The third kappa shape index (κ3) is 3.35. The zero-order valence-electron chi connectivity index (χ0n) is 17.4. The van der Waals surface area contributed by atoms with Crippen LogP contribution in [-0.4, -0.2) is 9.97 Å². The molecule has 0 saturated carbocycles. The number of hydrogen-bond donors (Lipinski definition) is 1. The molecule has 3 heterocycles. The van der Waals surface area contributed by atoms with Gasteiger partial charge < -0.3 is 9.72 Å². The van der Waals surface area contributed by atoms with Crippen LogP contribution in [0.15, 0.2) is 71.5 Å². The van der Waals surface area contributed by atoms with Crippen LogP contribution in [0, 0.1) is 6.92 Å². The van der Waals surface area contributed by atoms with Crippen molar-refractivity contribution in [3.05, 3.63) is 109 Å². The van der Waals surface area contributed by atoms with Crippen molar-refractivity contribution in [2.75, 3.05) is 0 Å². The van der Waals surface area contributed by atoms with E-state index in [2.05, 4.69) is 24.0 Å². The summed E-state index contributed by atoms with van der Waals surface area (Å²) in [6.45, 7) is 2.08. The van der Waals surface area contributed by atoms with Crippen LogP contribution in [0.2, 0.25) is 10.0 Å². The molecule has 1 N–H and O–H groups in total. The monoisotopic (exact) mass is 490 g/mol. The Kier molecular flexibility index (Phi) is 4.80. The smallest absolute Gasteiger partial charge is 0.259 e. The predicted molar refractivity (Wildman–Crippen MR) is 134 cm³/mol. The Bertz CT molecular complexity index is 1590.